The Kier molecular flexibility index (Phi) is 4.32. The number of carboxylic acid groups (broad SMARTS) is 1. The number of carboxylic acids is 1. The van der Waals surface area contributed by atoms with Gasteiger partial charge in [-0.2, -0.15) is 0 Å². The Hall–Kier alpha value is -1.97. The van der Waals surface area contributed by atoms with Crippen molar-refractivity contribution in [1.82, 2.24) is 4.98 Å². The molecule has 0 aliphatic carbocycles. The maximum atomic E-state index is 11.4. The minimum absolute atomic E-state index is 0. The molecule has 1 atom stereocenters. The molecular weight excluding hydrogens is 434 g/mol. The van der Waals surface area contributed by atoms with Crippen LogP contribution in [-0.4, -0.2) is 22.2 Å². The Morgan fingerprint density at radius 2 is 1.90 bits per heavy atom. The van der Waals surface area contributed by atoms with Gasteiger partial charge in [0.2, 0.25) is 6.10 Å². The second kappa shape index (κ2) is 5.99. The summed E-state index contributed by atoms with van der Waals surface area (Å²) in [6.45, 7) is 0. The van der Waals surface area contributed by atoms with Crippen LogP contribution in [0.1, 0.15) is 11.3 Å². The predicted octanol–water partition coefficient (Wildman–Crippen LogP) is 2.47. The van der Waals surface area contributed by atoms with Crippen LogP contribution in [0.25, 0.3) is 11.6 Å². The van der Waals surface area contributed by atoms with E-state index in [4.69, 9.17) is 4.74 Å². The third-order valence-electron chi connectivity index (χ3n) is 2.94. The molecule has 5 heteroatoms. The normalized spacial score (nSPS) is 16.2. The van der Waals surface area contributed by atoms with Crippen molar-refractivity contribution in [3.05, 3.63) is 59.9 Å². The fourth-order valence-corrected chi connectivity index (χ4v) is 2.07. The van der Waals surface area contributed by atoms with Crippen molar-refractivity contribution >= 4 is 17.6 Å². The molecule has 0 saturated heterocycles. The van der Waals surface area contributed by atoms with Gasteiger partial charge in [0.25, 0.3) is 0 Å². The molecule has 0 bridgehead atoms. The average molecular weight is 445 g/mol. The topological polar surface area (TPSA) is 59.4 Å². The number of carbonyl (C=O) groups is 1. The molecule has 1 aromatic heterocycles. The van der Waals surface area contributed by atoms with Gasteiger partial charge < -0.3 is 9.84 Å². The minimum atomic E-state index is -1.02. The molecule has 0 amide bonds. The fourth-order valence-electron chi connectivity index (χ4n) is 2.07. The van der Waals surface area contributed by atoms with Crippen LogP contribution in [0.2, 0.25) is 0 Å². The van der Waals surface area contributed by atoms with Crippen molar-refractivity contribution in [3.63, 3.8) is 0 Å². The first-order valence-corrected chi connectivity index (χ1v) is 5.87. The number of fused-ring (bicyclic) bond motifs is 1. The number of hydrogen-bond acceptors (Lipinski definition) is 3. The average Bonchev–Trinajstić information content (AvgIpc) is 2.46. The van der Waals surface area contributed by atoms with Crippen molar-refractivity contribution in [1.29, 1.82) is 0 Å². The van der Waals surface area contributed by atoms with Gasteiger partial charge in [0.05, 0.1) is 5.69 Å². The molecule has 1 N–H and O–H groups in total. The second-order valence-electron chi connectivity index (χ2n) is 4.19. The van der Waals surface area contributed by atoms with Crippen LogP contribution < -0.4 is 4.74 Å². The van der Waals surface area contributed by atoms with E-state index in [1.54, 1.807) is 24.4 Å². The van der Waals surface area contributed by atoms with Crippen LogP contribution in [-0.2, 0) is 24.9 Å². The van der Waals surface area contributed by atoms with E-state index in [2.05, 4.69) is 4.98 Å². The molecule has 1 aromatic carbocycles. The molecule has 4 nitrogen and oxygen atoms in total. The van der Waals surface area contributed by atoms with Gasteiger partial charge in [-0.1, -0.05) is 24.3 Å². The van der Waals surface area contributed by atoms with E-state index < -0.39 is 12.1 Å². The first kappa shape index (κ1) is 14.4. The van der Waals surface area contributed by atoms with Crippen molar-refractivity contribution < 1.29 is 34.7 Å². The van der Waals surface area contributed by atoms with E-state index >= 15 is 0 Å². The molecule has 20 heavy (non-hydrogen) atoms. The van der Waals surface area contributed by atoms with Gasteiger partial charge in [-0.25, -0.2) is 4.79 Å². The van der Waals surface area contributed by atoms with E-state index in [1.807, 2.05) is 30.3 Å². The summed E-state index contributed by atoms with van der Waals surface area (Å²) >= 11 is 0. The smallest absolute Gasteiger partial charge is 0.478 e. The van der Waals surface area contributed by atoms with Crippen LogP contribution in [0, 0.1) is 0 Å². The van der Waals surface area contributed by atoms with Crippen molar-refractivity contribution in [2.45, 2.75) is 6.10 Å². The molecule has 0 radical (unpaired) electrons. The van der Waals surface area contributed by atoms with E-state index in [1.165, 1.54) is 0 Å². The Balaban J connectivity index is 0.00000147. The predicted molar refractivity (Wildman–Crippen MR) is 70.6 cm³/mol. The number of ether oxygens (including phenoxy) is 1. The zero-order valence-corrected chi connectivity index (χ0v) is 12.7. The van der Waals surface area contributed by atoms with E-state index in [9.17, 15) is 9.90 Å². The summed E-state index contributed by atoms with van der Waals surface area (Å²) in [6.07, 6.45) is 2.43. The molecule has 0 fully saturated rings. The van der Waals surface area contributed by atoms with E-state index in [0.717, 1.165) is 5.56 Å². The van der Waals surface area contributed by atoms with Crippen molar-refractivity contribution in [3.8, 4) is 5.75 Å². The fraction of sp³-hybridized carbons (Fsp3) is 0.0667. The van der Waals surface area contributed by atoms with Gasteiger partial charge in [-0.3, -0.25) is 4.98 Å². The SMILES string of the molecule is O=C(O)C1Oc2ccccc2C=C1c1ccccn1.[Ir+3]. The number of rotatable bonds is 2. The molecule has 2 heterocycles. The van der Waals surface area contributed by atoms with Crippen LogP contribution in [0.3, 0.4) is 0 Å². The molecule has 100 valence electrons. The first-order chi connectivity index (χ1) is 9.25. The van der Waals surface area contributed by atoms with Gasteiger partial charge in [0, 0.05) is 17.3 Å². The summed E-state index contributed by atoms with van der Waals surface area (Å²) in [6, 6.07) is 12.7. The van der Waals surface area contributed by atoms with Crippen LogP contribution >= 0.6 is 0 Å². The third-order valence-corrected chi connectivity index (χ3v) is 2.94. The molecule has 2 aromatic rings. The Labute approximate surface area is 129 Å². The standard InChI is InChI=1S/C15H11NO3.Ir/c17-15(18)14-11(12-6-3-4-8-16-12)9-10-5-1-2-7-13(10)19-14;/h1-9,14H,(H,17,18);/q;+3. The Morgan fingerprint density at radius 1 is 1.15 bits per heavy atom. The quantitative estimate of drug-likeness (QED) is 0.772. The molecule has 3 rings (SSSR count). The number of benzene rings is 1. The maximum absolute atomic E-state index is 11.4. The van der Waals surface area contributed by atoms with Gasteiger partial charge in [-0.15, -0.1) is 0 Å². The van der Waals surface area contributed by atoms with Crippen LogP contribution in [0.4, 0.5) is 0 Å². The zero-order chi connectivity index (χ0) is 13.2. The maximum Gasteiger partial charge on any atom is 3.00 e. The summed E-state index contributed by atoms with van der Waals surface area (Å²) in [5.41, 5.74) is 2.04. The summed E-state index contributed by atoms with van der Waals surface area (Å²) in [4.78, 5) is 15.6. The molecular formula is C15H11IrNO3+3. The number of aromatic nitrogens is 1. The summed E-state index contributed by atoms with van der Waals surface area (Å²) in [5.74, 6) is -0.444. The monoisotopic (exact) mass is 446 g/mol. The molecule has 1 aliphatic rings. The Morgan fingerprint density at radius 3 is 2.60 bits per heavy atom. The zero-order valence-electron chi connectivity index (χ0n) is 10.3. The summed E-state index contributed by atoms with van der Waals surface area (Å²) in [5, 5.41) is 9.30. The number of hydrogen-bond donors (Lipinski definition) is 1. The largest absolute Gasteiger partial charge is 3.00 e. The van der Waals surface area contributed by atoms with Crippen molar-refractivity contribution in [2.24, 2.45) is 0 Å². The molecule has 0 saturated carbocycles. The van der Waals surface area contributed by atoms with E-state index in [0.29, 0.717) is 17.0 Å². The van der Waals surface area contributed by atoms with Gasteiger partial charge >= 0.3 is 26.1 Å². The van der Waals surface area contributed by atoms with Gasteiger partial charge in [-0.05, 0) is 24.3 Å². The van der Waals surface area contributed by atoms with Crippen LogP contribution in [0.15, 0.2) is 48.7 Å². The molecule has 0 spiro atoms. The molecule has 1 unspecified atom stereocenters. The minimum Gasteiger partial charge on any atom is -0.478 e. The number of aliphatic carboxylic acids is 1. The molecule has 1 aliphatic heterocycles. The summed E-state index contributed by atoms with van der Waals surface area (Å²) < 4.78 is 5.55. The summed E-state index contributed by atoms with van der Waals surface area (Å²) in [7, 11) is 0. The van der Waals surface area contributed by atoms with E-state index in [-0.39, 0.29) is 20.1 Å². The number of para-hydroxylation sites is 1. The van der Waals surface area contributed by atoms with Gasteiger partial charge in [0.1, 0.15) is 5.75 Å². The number of pyridine rings is 1. The second-order valence-corrected chi connectivity index (χ2v) is 4.19. The van der Waals surface area contributed by atoms with Crippen molar-refractivity contribution in [2.75, 3.05) is 0 Å². The number of nitrogens with zero attached hydrogens (tertiary/aromatic N) is 1. The van der Waals surface area contributed by atoms with Gasteiger partial charge in [0.15, 0.2) is 0 Å². The third kappa shape index (κ3) is 2.64. The first-order valence-electron chi connectivity index (χ1n) is 5.87. The Bertz CT molecular complexity index is 655. The van der Waals surface area contributed by atoms with Crippen LogP contribution in [0.5, 0.6) is 5.75 Å².